The topological polar surface area (TPSA) is 54.0 Å². The SMILES string of the molecule is CC1(CNCCCN2CCN(C(=O)OC(C)(C)C)CC2)COC1. The van der Waals surface area contributed by atoms with Gasteiger partial charge in [0.05, 0.1) is 13.2 Å². The number of hydrogen-bond acceptors (Lipinski definition) is 5. The molecule has 6 heteroatoms. The lowest BCUT2D eigenvalue weighted by molar-refractivity contribution is -0.0989. The number of nitrogens with one attached hydrogen (secondary N) is 1. The van der Waals surface area contributed by atoms with Crippen LogP contribution in [0.5, 0.6) is 0 Å². The Kier molecular flexibility index (Phi) is 6.28. The second-order valence-electron chi connectivity index (χ2n) is 8.14. The van der Waals surface area contributed by atoms with Gasteiger partial charge in [0.25, 0.3) is 0 Å². The van der Waals surface area contributed by atoms with Crippen LogP contribution >= 0.6 is 0 Å². The lowest BCUT2D eigenvalue weighted by Crippen LogP contribution is -2.50. The number of rotatable bonds is 6. The molecular weight excluding hydrogens is 294 g/mol. The van der Waals surface area contributed by atoms with E-state index in [1.54, 1.807) is 0 Å². The standard InChI is InChI=1S/C17H33N3O3/c1-16(2,3)23-15(21)20-10-8-19(9-11-20)7-5-6-18-12-17(4)13-22-14-17/h18H,5-14H2,1-4H3. The van der Waals surface area contributed by atoms with Crippen molar-refractivity contribution in [3.8, 4) is 0 Å². The zero-order valence-corrected chi connectivity index (χ0v) is 15.2. The predicted octanol–water partition coefficient (Wildman–Crippen LogP) is 1.56. The van der Waals surface area contributed by atoms with E-state index in [2.05, 4.69) is 17.1 Å². The highest BCUT2D eigenvalue weighted by atomic mass is 16.6. The second-order valence-corrected chi connectivity index (χ2v) is 8.14. The van der Waals surface area contributed by atoms with Gasteiger partial charge in [-0.2, -0.15) is 0 Å². The third kappa shape index (κ3) is 6.28. The average molecular weight is 327 g/mol. The second kappa shape index (κ2) is 7.81. The van der Waals surface area contributed by atoms with Gasteiger partial charge in [0.1, 0.15) is 5.60 Å². The highest BCUT2D eigenvalue weighted by molar-refractivity contribution is 5.68. The Morgan fingerprint density at radius 3 is 2.39 bits per heavy atom. The van der Waals surface area contributed by atoms with Gasteiger partial charge in [0.15, 0.2) is 0 Å². The van der Waals surface area contributed by atoms with Gasteiger partial charge >= 0.3 is 6.09 Å². The Morgan fingerprint density at radius 1 is 1.22 bits per heavy atom. The Labute approximate surface area is 140 Å². The molecule has 1 N–H and O–H groups in total. The van der Waals surface area contributed by atoms with E-state index in [9.17, 15) is 4.79 Å². The van der Waals surface area contributed by atoms with Gasteiger partial charge in [0.2, 0.25) is 0 Å². The molecule has 2 saturated heterocycles. The largest absolute Gasteiger partial charge is 0.444 e. The summed E-state index contributed by atoms with van der Waals surface area (Å²) in [7, 11) is 0. The first-order valence-corrected chi connectivity index (χ1v) is 8.76. The molecule has 134 valence electrons. The summed E-state index contributed by atoms with van der Waals surface area (Å²) in [5.74, 6) is 0. The number of carbonyl (C=O) groups excluding carboxylic acids is 1. The van der Waals surface area contributed by atoms with Crippen LogP contribution in [-0.4, -0.2) is 80.5 Å². The zero-order valence-electron chi connectivity index (χ0n) is 15.2. The van der Waals surface area contributed by atoms with E-state index in [1.165, 1.54) is 0 Å². The molecule has 0 unspecified atom stereocenters. The van der Waals surface area contributed by atoms with Gasteiger partial charge in [-0.3, -0.25) is 4.90 Å². The van der Waals surface area contributed by atoms with Crippen LogP contribution in [0.1, 0.15) is 34.1 Å². The molecule has 0 saturated carbocycles. The Bertz CT molecular complexity index is 383. The van der Waals surface area contributed by atoms with Crippen molar-refractivity contribution in [2.45, 2.75) is 39.7 Å². The van der Waals surface area contributed by atoms with Crippen molar-refractivity contribution in [3.63, 3.8) is 0 Å². The molecule has 0 spiro atoms. The minimum Gasteiger partial charge on any atom is -0.444 e. The van der Waals surface area contributed by atoms with E-state index in [0.29, 0.717) is 5.41 Å². The summed E-state index contributed by atoms with van der Waals surface area (Å²) in [6, 6.07) is 0. The van der Waals surface area contributed by atoms with Crippen molar-refractivity contribution in [2.24, 2.45) is 5.41 Å². The third-order valence-corrected chi connectivity index (χ3v) is 4.30. The molecule has 2 heterocycles. The van der Waals surface area contributed by atoms with Gasteiger partial charge < -0.3 is 19.7 Å². The van der Waals surface area contributed by atoms with E-state index in [0.717, 1.165) is 65.4 Å². The molecule has 0 bridgehead atoms. The normalized spacial score (nSPS) is 21.8. The van der Waals surface area contributed by atoms with Gasteiger partial charge in [-0.1, -0.05) is 6.92 Å². The van der Waals surface area contributed by atoms with Gasteiger partial charge in [-0.05, 0) is 40.3 Å². The summed E-state index contributed by atoms with van der Waals surface area (Å²) in [5, 5.41) is 3.53. The van der Waals surface area contributed by atoms with E-state index in [1.807, 2.05) is 25.7 Å². The molecule has 0 aliphatic carbocycles. The lowest BCUT2D eigenvalue weighted by atomic mass is 9.89. The van der Waals surface area contributed by atoms with E-state index < -0.39 is 5.60 Å². The molecule has 2 aliphatic heterocycles. The van der Waals surface area contributed by atoms with Crippen molar-refractivity contribution in [2.75, 3.05) is 59.0 Å². The molecule has 2 rings (SSSR count). The van der Waals surface area contributed by atoms with Crippen molar-refractivity contribution >= 4 is 6.09 Å². The number of piperazine rings is 1. The molecule has 6 nitrogen and oxygen atoms in total. The molecule has 0 radical (unpaired) electrons. The van der Waals surface area contributed by atoms with Gasteiger partial charge in [0, 0.05) is 38.1 Å². The summed E-state index contributed by atoms with van der Waals surface area (Å²) in [4.78, 5) is 16.3. The number of hydrogen-bond donors (Lipinski definition) is 1. The minimum atomic E-state index is -0.415. The summed E-state index contributed by atoms with van der Waals surface area (Å²) in [5.41, 5.74) is -0.0684. The van der Waals surface area contributed by atoms with Crippen molar-refractivity contribution in [1.29, 1.82) is 0 Å². The maximum absolute atomic E-state index is 12.0. The van der Waals surface area contributed by atoms with Crippen LogP contribution in [0, 0.1) is 5.41 Å². The van der Waals surface area contributed by atoms with Crippen LogP contribution in [-0.2, 0) is 9.47 Å². The number of nitrogens with zero attached hydrogens (tertiary/aromatic N) is 2. The molecule has 1 amide bonds. The smallest absolute Gasteiger partial charge is 0.410 e. The summed E-state index contributed by atoms with van der Waals surface area (Å²) < 4.78 is 10.7. The molecule has 0 atom stereocenters. The fourth-order valence-electron chi connectivity index (χ4n) is 2.85. The predicted molar refractivity (Wildman–Crippen MR) is 90.7 cm³/mol. The molecule has 2 fully saturated rings. The maximum atomic E-state index is 12.0. The zero-order chi connectivity index (χ0) is 16.9. The van der Waals surface area contributed by atoms with Crippen molar-refractivity contribution < 1.29 is 14.3 Å². The Morgan fingerprint density at radius 2 is 1.87 bits per heavy atom. The highest BCUT2D eigenvalue weighted by Gasteiger charge is 2.32. The van der Waals surface area contributed by atoms with Gasteiger partial charge in [-0.25, -0.2) is 4.79 Å². The summed E-state index contributed by atoms with van der Waals surface area (Å²) in [6.45, 7) is 16.3. The van der Waals surface area contributed by atoms with Crippen LogP contribution < -0.4 is 5.32 Å². The number of amides is 1. The van der Waals surface area contributed by atoms with Crippen LogP contribution in [0.25, 0.3) is 0 Å². The van der Waals surface area contributed by atoms with Crippen LogP contribution in [0.4, 0.5) is 4.79 Å². The summed E-state index contributed by atoms with van der Waals surface area (Å²) in [6.07, 6.45) is 0.957. The number of ether oxygens (including phenoxy) is 2. The first kappa shape index (κ1) is 18.5. The molecule has 23 heavy (non-hydrogen) atoms. The molecule has 0 aromatic carbocycles. The van der Waals surface area contributed by atoms with E-state index in [-0.39, 0.29) is 6.09 Å². The average Bonchev–Trinajstić information content (AvgIpc) is 2.44. The highest BCUT2D eigenvalue weighted by Crippen LogP contribution is 2.24. The monoisotopic (exact) mass is 327 g/mol. The fraction of sp³-hybridized carbons (Fsp3) is 0.941. The van der Waals surface area contributed by atoms with Gasteiger partial charge in [-0.15, -0.1) is 0 Å². The molecule has 0 aromatic rings. The molecule has 0 aromatic heterocycles. The molecule has 2 aliphatic rings. The lowest BCUT2D eigenvalue weighted by Gasteiger charge is -2.38. The van der Waals surface area contributed by atoms with Crippen LogP contribution in [0.2, 0.25) is 0 Å². The van der Waals surface area contributed by atoms with E-state index >= 15 is 0 Å². The quantitative estimate of drug-likeness (QED) is 0.750. The Balaban J connectivity index is 1.53. The first-order valence-electron chi connectivity index (χ1n) is 8.76. The van der Waals surface area contributed by atoms with E-state index in [4.69, 9.17) is 9.47 Å². The summed E-state index contributed by atoms with van der Waals surface area (Å²) >= 11 is 0. The fourth-order valence-corrected chi connectivity index (χ4v) is 2.85. The van der Waals surface area contributed by atoms with Crippen LogP contribution in [0.15, 0.2) is 0 Å². The van der Waals surface area contributed by atoms with Crippen LogP contribution in [0.3, 0.4) is 0 Å². The molecular formula is C17H33N3O3. The first-order chi connectivity index (χ1) is 10.8. The maximum Gasteiger partial charge on any atom is 0.410 e. The van der Waals surface area contributed by atoms with Crippen molar-refractivity contribution in [1.82, 2.24) is 15.1 Å². The Hall–Kier alpha value is -0.850. The number of carbonyl (C=O) groups is 1. The third-order valence-electron chi connectivity index (χ3n) is 4.30. The van der Waals surface area contributed by atoms with Crippen molar-refractivity contribution in [3.05, 3.63) is 0 Å². The minimum absolute atomic E-state index is 0.185.